The fraction of sp³-hybridized carbons (Fsp3) is 0.667. The predicted octanol–water partition coefficient (Wildman–Crippen LogP) is 0.435. The summed E-state index contributed by atoms with van der Waals surface area (Å²) in [5, 5.41) is 7.52. The van der Waals surface area contributed by atoms with Crippen LogP contribution < -0.4 is 11.1 Å². The smallest absolute Gasteiger partial charge is 0.239 e. The maximum Gasteiger partial charge on any atom is 0.239 e. The minimum absolute atomic E-state index is 0.269. The van der Waals surface area contributed by atoms with E-state index in [4.69, 9.17) is 5.73 Å². The number of hydrogen-bond acceptors (Lipinski definition) is 3. The van der Waals surface area contributed by atoms with Crippen LogP contribution in [0.4, 0.5) is 0 Å². The van der Waals surface area contributed by atoms with E-state index in [-0.39, 0.29) is 5.91 Å². The van der Waals surface area contributed by atoms with Crippen LogP contribution in [-0.2, 0) is 11.3 Å². The Morgan fingerprint density at radius 3 is 2.82 bits per heavy atom. The predicted molar refractivity (Wildman–Crippen MR) is 65.3 cm³/mol. The topological polar surface area (TPSA) is 72.9 Å². The SMILES string of the molecule is CCNC(Cn1cc(C)cn1)(C(N)=O)C1CC1. The Labute approximate surface area is 101 Å². The quantitative estimate of drug-likeness (QED) is 0.752. The molecule has 17 heavy (non-hydrogen) atoms. The molecule has 1 unspecified atom stereocenters. The average Bonchev–Trinajstić information content (AvgIpc) is 3.03. The normalized spacial score (nSPS) is 18.9. The largest absolute Gasteiger partial charge is 0.368 e. The molecular formula is C12H20N4O. The van der Waals surface area contributed by atoms with Crippen molar-refractivity contribution in [1.82, 2.24) is 15.1 Å². The second-order valence-corrected chi connectivity index (χ2v) is 4.86. The first kappa shape index (κ1) is 12.1. The number of nitrogens with two attached hydrogens (primary N) is 1. The molecule has 0 radical (unpaired) electrons. The van der Waals surface area contributed by atoms with Gasteiger partial charge in [0.2, 0.25) is 5.91 Å². The number of carbonyl (C=O) groups excluding carboxylic acids is 1. The van der Waals surface area contributed by atoms with Crippen LogP contribution >= 0.6 is 0 Å². The van der Waals surface area contributed by atoms with E-state index in [1.165, 1.54) is 0 Å². The number of likely N-dealkylation sites (N-methyl/N-ethyl adjacent to an activating group) is 1. The van der Waals surface area contributed by atoms with Crippen LogP contribution in [0.2, 0.25) is 0 Å². The lowest BCUT2D eigenvalue weighted by Gasteiger charge is -2.31. The zero-order chi connectivity index (χ0) is 12.5. The minimum Gasteiger partial charge on any atom is -0.368 e. The first-order valence-corrected chi connectivity index (χ1v) is 6.12. The van der Waals surface area contributed by atoms with E-state index in [1.807, 2.05) is 20.0 Å². The van der Waals surface area contributed by atoms with Gasteiger partial charge in [-0.2, -0.15) is 5.10 Å². The van der Waals surface area contributed by atoms with Crippen molar-refractivity contribution in [2.45, 2.75) is 38.8 Å². The first-order valence-electron chi connectivity index (χ1n) is 6.12. The molecule has 1 aliphatic carbocycles. The highest BCUT2D eigenvalue weighted by molar-refractivity contribution is 5.85. The molecule has 0 spiro atoms. The fourth-order valence-corrected chi connectivity index (χ4v) is 2.40. The third-order valence-electron chi connectivity index (χ3n) is 3.38. The number of hydrogen-bond donors (Lipinski definition) is 2. The average molecular weight is 236 g/mol. The maximum atomic E-state index is 11.8. The molecule has 5 heteroatoms. The third-order valence-corrected chi connectivity index (χ3v) is 3.38. The van der Waals surface area contributed by atoms with Gasteiger partial charge in [-0.15, -0.1) is 0 Å². The number of amides is 1. The number of nitrogens with zero attached hydrogens (tertiary/aromatic N) is 2. The summed E-state index contributed by atoms with van der Waals surface area (Å²) in [5.74, 6) is 0.0828. The number of aryl methyl sites for hydroxylation is 1. The van der Waals surface area contributed by atoms with Crippen LogP contribution in [-0.4, -0.2) is 27.8 Å². The second kappa shape index (κ2) is 4.49. The molecule has 2 rings (SSSR count). The van der Waals surface area contributed by atoms with Gasteiger partial charge >= 0.3 is 0 Å². The molecule has 1 atom stereocenters. The van der Waals surface area contributed by atoms with E-state index in [1.54, 1.807) is 10.9 Å². The standard InChI is InChI=1S/C12H20N4O/c1-3-14-12(11(13)17,10-4-5-10)8-16-7-9(2)6-15-16/h6-7,10,14H,3-5,8H2,1-2H3,(H2,13,17). The van der Waals surface area contributed by atoms with Gasteiger partial charge in [0.05, 0.1) is 12.7 Å². The van der Waals surface area contributed by atoms with Gasteiger partial charge in [0.1, 0.15) is 5.54 Å². The summed E-state index contributed by atoms with van der Waals surface area (Å²) < 4.78 is 1.81. The highest BCUT2D eigenvalue weighted by Gasteiger charge is 2.49. The molecule has 5 nitrogen and oxygen atoms in total. The summed E-state index contributed by atoms with van der Waals surface area (Å²) in [4.78, 5) is 11.8. The molecule has 1 aromatic rings. The van der Waals surface area contributed by atoms with E-state index in [0.717, 1.165) is 24.9 Å². The van der Waals surface area contributed by atoms with Crippen molar-refractivity contribution in [2.24, 2.45) is 11.7 Å². The van der Waals surface area contributed by atoms with E-state index in [0.29, 0.717) is 12.5 Å². The van der Waals surface area contributed by atoms with Crippen molar-refractivity contribution in [3.05, 3.63) is 18.0 Å². The van der Waals surface area contributed by atoms with Crippen molar-refractivity contribution in [2.75, 3.05) is 6.54 Å². The van der Waals surface area contributed by atoms with E-state index >= 15 is 0 Å². The van der Waals surface area contributed by atoms with Gasteiger partial charge in [0.25, 0.3) is 0 Å². The monoisotopic (exact) mass is 236 g/mol. The van der Waals surface area contributed by atoms with E-state index < -0.39 is 5.54 Å². The number of rotatable bonds is 6. The zero-order valence-electron chi connectivity index (χ0n) is 10.4. The Balaban J connectivity index is 2.22. The van der Waals surface area contributed by atoms with Gasteiger partial charge in [-0.3, -0.25) is 9.48 Å². The van der Waals surface area contributed by atoms with Gasteiger partial charge in [-0.1, -0.05) is 6.92 Å². The van der Waals surface area contributed by atoms with Crippen LogP contribution in [0.5, 0.6) is 0 Å². The Bertz CT molecular complexity index is 410. The van der Waals surface area contributed by atoms with Crippen molar-refractivity contribution >= 4 is 5.91 Å². The van der Waals surface area contributed by atoms with Crippen molar-refractivity contribution < 1.29 is 4.79 Å². The van der Waals surface area contributed by atoms with Gasteiger partial charge < -0.3 is 11.1 Å². The summed E-state index contributed by atoms with van der Waals surface area (Å²) in [6.45, 7) is 5.24. The molecule has 1 aliphatic rings. The molecule has 0 aliphatic heterocycles. The summed E-state index contributed by atoms with van der Waals surface area (Å²) in [6.07, 6.45) is 5.87. The number of carbonyl (C=O) groups is 1. The first-order chi connectivity index (χ1) is 8.08. The summed E-state index contributed by atoms with van der Waals surface area (Å²) in [6, 6.07) is 0. The lowest BCUT2D eigenvalue weighted by atomic mass is 9.92. The lowest BCUT2D eigenvalue weighted by molar-refractivity contribution is -0.126. The molecule has 1 aromatic heterocycles. The highest BCUT2D eigenvalue weighted by atomic mass is 16.1. The van der Waals surface area contributed by atoms with Crippen molar-refractivity contribution in [3.63, 3.8) is 0 Å². The van der Waals surface area contributed by atoms with E-state index in [2.05, 4.69) is 10.4 Å². The van der Waals surface area contributed by atoms with Crippen molar-refractivity contribution in [3.8, 4) is 0 Å². The van der Waals surface area contributed by atoms with Crippen LogP contribution in [0.1, 0.15) is 25.3 Å². The summed E-state index contributed by atoms with van der Waals surface area (Å²) in [5.41, 5.74) is 6.07. The molecule has 0 saturated heterocycles. The summed E-state index contributed by atoms with van der Waals surface area (Å²) >= 11 is 0. The molecule has 0 bridgehead atoms. The van der Waals surface area contributed by atoms with E-state index in [9.17, 15) is 4.79 Å². The molecule has 1 heterocycles. The molecule has 94 valence electrons. The highest BCUT2D eigenvalue weighted by Crippen LogP contribution is 2.40. The molecule has 1 saturated carbocycles. The number of aromatic nitrogens is 2. The minimum atomic E-state index is -0.632. The second-order valence-electron chi connectivity index (χ2n) is 4.86. The van der Waals surface area contributed by atoms with Crippen LogP contribution in [0.3, 0.4) is 0 Å². The maximum absolute atomic E-state index is 11.8. The number of nitrogens with one attached hydrogen (secondary N) is 1. The van der Waals surface area contributed by atoms with Crippen LogP contribution in [0.15, 0.2) is 12.4 Å². The molecule has 3 N–H and O–H groups in total. The van der Waals surface area contributed by atoms with Crippen LogP contribution in [0, 0.1) is 12.8 Å². The molecule has 1 amide bonds. The van der Waals surface area contributed by atoms with Crippen molar-refractivity contribution in [1.29, 1.82) is 0 Å². The molecular weight excluding hydrogens is 216 g/mol. The Hall–Kier alpha value is -1.36. The Kier molecular flexibility index (Phi) is 3.19. The van der Waals surface area contributed by atoms with Gasteiger partial charge in [0.15, 0.2) is 0 Å². The number of primary amides is 1. The van der Waals surface area contributed by atoms with Gasteiger partial charge in [-0.25, -0.2) is 0 Å². The molecule has 0 aromatic carbocycles. The van der Waals surface area contributed by atoms with Crippen LogP contribution in [0.25, 0.3) is 0 Å². The van der Waals surface area contributed by atoms with Gasteiger partial charge in [0, 0.05) is 6.20 Å². The molecule has 1 fully saturated rings. The fourth-order valence-electron chi connectivity index (χ4n) is 2.40. The Morgan fingerprint density at radius 2 is 2.41 bits per heavy atom. The lowest BCUT2D eigenvalue weighted by Crippen LogP contribution is -2.59. The third kappa shape index (κ3) is 2.34. The summed E-state index contributed by atoms with van der Waals surface area (Å²) in [7, 11) is 0. The zero-order valence-corrected chi connectivity index (χ0v) is 10.4. The van der Waals surface area contributed by atoms with Gasteiger partial charge in [-0.05, 0) is 37.8 Å². The Morgan fingerprint density at radius 1 is 1.71 bits per heavy atom.